The Morgan fingerprint density at radius 3 is 2.77 bits per heavy atom. The maximum absolute atomic E-state index is 13.7. The monoisotopic (exact) mass is 495 g/mol. The van der Waals surface area contributed by atoms with Crippen molar-refractivity contribution in [3.63, 3.8) is 0 Å². The van der Waals surface area contributed by atoms with Crippen LogP contribution in [0.3, 0.4) is 0 Å². The molecule has 3 heterocycles. The average molecular weight is 496 g/mol. The van der Waals surface area contributed by atoms with Crippen LogP contribution in [-0.2, 0) is 13.6 Å². The number of aryl methyl sites for hydroxylation is 2. The fourth-order valence-corrected chi connectivity index (χ4v) is 4.96. The molecule has 0 unspecified atom stereocenters. The number of nitrogens with zero attached hydrogens (tertiary/aromatic N) is 3. The van der Waals surface area contributed by atoms with Crippen LogP contribution in [0.2, 0.25) is 0 Å². The van der Waals surface area contributed by atoms with Gasteiger partial charge in [-0.15, -0.1) is 12.4 Å². The van der Waals surface area contributed by atoms with Crippen LogP contribution >= 0.6 is 12.4 Å². The predicted octanol–water partition coefficient (Wildman–Crippen LogP) is 5.21. The van der Waals surface area contributed by atoms with E-state index in [1.807, 2.05) is 72.2 Å². The van der Waals surface area contributed by atoms with Gasteiger partial charge < -0.3 is 20.3 Å². The van der Waals surface area contributed by atoms with E-state index in [4.69, 9.17) is 4.74 Å². The number of carbonyl (C=O) groups is 1. The number of hydrogen-bond acceptors (Lipinski definition) is 5. The van der Waals surface area contributed by atoms with E-state index in [1.54, 1.807) is 0 Å². The molecule has 186 valence electrons. The van der Waals surface area contributed by atoms with Crippen molar-refractivity contribution in [2.45, 2.75) is 39.2 Å². The van der Waals surface area contributed by atoms with E-state index < -0.39 is 0 Å². The summed E-state index contributed by atoms with van der Waals surface area (Å²) in [5.41, 5.74) is 4.37. The second kappa shape index (κ2) is 11.1. The standard InChI is InChI=1S/C27H33N5O2.ClH/c1-19-16-21(9-10-25(19)34-15-5-6-20-11-13-28-14-12-20)27(33)32-18-22-17-29-31(2)26(22)30-23-7-3-4-8-24(23)32;/h3-4,7-10,16-17,20,28,30H,5-6,11-15,18H2,1-2H3;1H. The van der Waals surface area contributed by atoms with Crippen LogP contribution < -0.4 is 20.3 Å². The Kier molecular flexibility index (Phi) is 7.98. The van der Waals surface area contributed by atoms with Crippen molar-refractivity contribution in [1.82, 2.24) is 15.1 Å². The highest BCUT2D eigenvalue weighted by atomic mass is 35.5. The fourth-order valence-electron chi connectivity index (χ4n) is 4.96. The van der Waals surface area contributed by atoms with E-state index in [1.165, 1.54) is 19.3 Å². The van der Waals surface area contributed by atoms with Gasteiger partial charge in [-0.25, -0.2) is 0 Å². The number of fused-ring (bicyclic) bond motifs is 2. The van der Waals surface area contributed by atoms with Gasteiger partial charge >= 0.3 is 0 Å². The Balaban J connectivity index is 0.00000289. The molecule has 2 aromatic carbocycles. The molecular weight excluding hydrogens is 462 g/mol. The van der Waals surface area contributed by atoms with Gasteiger partial charge in [0.15, 0.2) is 0 Å². The summed E-state index contributed by atoms with van der Waals surface area (Å²) in [6, 6.07) is 13.6. The Bertz CT molecular complexity index is 1170. The van der Waals surface area contributed by atoms with Gasteiger partial charge in [0, 0.05) is 18.2 Å². The second-order valence-electron chi connectivity index (χ2n) is 9.34. The number of piperidine rings is 1. The largest absolute Gasteiger partial charge is 0.493 e. The summed E-state index contributed by atoms with van der Waals surface area (Å²) in [6.45, 7) is 5.46. The summed E-state index contributed by atoms with van der Waals surface area (Å²) in [5.74, 6) is 2.55. The van der Waals surface area contributed by atoms with Crippen LogP contribution in [0.15, 0.2) is 48.7 Å². The molecule has 0 saturated carbocycles. The van der Waals surface area contributed by atoms with Gasteiger partial charge in [0.05, 0.1) is 30.7 Å². The lowest BCUT2D eigenvalue weighted by atomic mass is 9.93. The molecule has 0 bridgehead atoms. The lowest BCUT2D eigenvalue weighted by molar-refractivity contribution is 0.0985. The Labute approximate surface area is 213 Å². The number of nitrogens with one attached hydrogen (secondary N) is 2. The van der Waals surface area contributed by atoms with Gasteiger partial charge in [-0.3, -0.25) is 9.48 Å². The summed E-state index contributed by atoms with van der Waals surface area (Å²) in [5, 5.41) is 11.2. The van der Waals surface area contributed by atoms with Gasteiger partial charge in [-0.05, 0) is 87.5 Å². The summed E-state index contributed by atoms with van der Waals surface area (Å²) in [4.78, 5) is 15.5. The first-order valence-electron chi connectivity index (χ1n) is 12.2. The van der Waals surface area contributed by atoms with Crippen LogP contribution in [0, 0.1) is 12.8 Å². The Morgan fingerprint density at radius 1 is 1.17 bits per heavy atom. The van der Waals surface area contributed by atoms with E-state index in [2.05, 4.69) is 15.7 Å². The predicted molar refractivity (Wildman–Crippen MR) is 142 cm³/mol. The summed E-state index contributed by atoms with van der Waals surface area (Å²) in [6.07, 6.45) is 6.64. The molecule has 0 radical (unpaired) electrons. The number of rotatable bonds is 6. The van der Waals surface area contributed by atoms with E-state index in [-0.39, 0.29) is 18.3 Å². The number of hydrogen-bond donors (Lipinski definition) is 2. The van der Waals surface area contributed by atoms with Crippen LogP contribution in [0.1, 0.15) is 47.2 Å². The van der Waals surface area contributed by atoms with Crippen molar-refractivity contribution in [2.75, 3.05) is 29.9 Å². The first-order chi connectivity index (χ1) is 16.6. The van der Waals surface area contributed by atoms with Gasteiger partial charge in [0.25, 0.3) is 5.91 Å². The van der Waals surface area contributed by atoms with Crippen molar-refractivity contribution in [3.05, 3.63) is 65.4 Å². The molecule has 1 amide bonds. The number of ether oxygens (including phenoxy) is 1. The maximum Gasteiger partial charge on any atom is 0.258 e. The Hall–Kier alpha value is -3.03. The van der Waals surface area contributed by atoms with E-state index in [0.29, 0.717) is 18.7 Å². The minimum absolute atomic E-state index is 0. The van der Waals surface area contributed by atoms with Crippen LogP contribution in [0.4, 0.5) is 17.2 Å². The normalized spacial score (nSPS) is 15.3. The first-order valence-corrected chi connectivity index (χ1v) is 12.2. The number of benzene rings is 2. The molecule has 2 N–H and O–H groups in total. The molecule has 7 nitrogen and oxygen atoms in total. The van der Waals surface area contributed by atoms with Crippen molar-refractivity contribution < 1.29 is 9.53 Å². The smallest absolute Gasteiger partial charge is 0.258 e. The molecule has 0 atom stereocenters. The molecule has 2 aliphatic heterocycles. The second-order valence-corrected chi connectivity index (χ2v) is 9.34. The lowest BCUT2D eigenvalue weighted by Crippen LogP contribution is -2.30. The molecule has 0 aliphatic carbocycles. The van der Waals surface area contributed by atoms with Crippen LogP contribution in [-0.4, -0.2) is 35.4 Å². The molecule has 1 saturated heterocycles. The molecule has 0 spiro atoms. The first kappa shape index (κ1) is 25.1. The zero-order chi connectivity index (χ0) is 23.5. The number of halogens is 1. The lowest BCUT2D eigenvalue weighted by Gasteiger charge is -2.23. The minimum Gasteiger partial charge on any atom is -0.493 e. The van der Waals surface area contributed by atoms with Gasteiger partial charge in [-0.2, -0.15) is 5.10 Å². The molecule has 8 heteroatoms. The highest BCUT2D eigenvalue weighted by molar-refractivity contribution is 6.08. The molecular formula is C27H34ClN5O2. The number of para-hydroxylation sites is 2. The van der Waals surface area contributed by atoms with Crippen molar-refractivity contribution in [3.8, 4) is 5.75 Å². The van der Waals surface area contributed by atoms with Gasteiger partial charge in [-0.1, -0.05) is 12.1 Å². The zero-order valence-electron chi connectivity index (χ0n) is 20.4. The van der Waals surface area contributed by atoms with Crippen molar-refractivity contribution >= 4 is 35.5 Å². The fraction of sp³-hybridized carbons (Fsp3) is 0.407. The van der Waals surface area contributed by atoms with E-state index >= 15 is 0 Å². The highest BCUT2D eigenvalue weighted by Gasteiger charge is 2.27. The molecule has 3 aromatic rings. The van der Waals surface area contributed by atoms with E-state index in [9.17, 15) is 4.79 Å². The van der Waals surface area contributed by atoms with Crippen LogP contribution in [0.5, 0.6) is 5.75 Å². The summed E-state index contributed by atoms with van der Waals surface area (Å²) < 4.78 is 7.88. The third-order valence-electron chi connectivity index (χ3n) is 6.93. The molecule has 35 heavy (non-hydrogen) atoms. The molecule has 2 aliphatic rings. The van der Waals surface area contributed by atoms with Gasteiger partial charge in [0.2, 0.25) is 0 Å². The topological polar surface area (TPSA) is 71.4 Å². The molecule has 1 aromatic heterocycles. The van der Waals surface area contributed by atoms with Crippen molar-refractivity contribution in [1.29, 1.82) is 0 Å². The summed E-state index contributed by atoms with van der Waals surface area (Å²) in [7, 11) is 1.90. The van der Waals surface area contributed by atoms with E-state index in [0.717, 1.165) is 59.5 Å². The zero-order valence-corrected chi connectivity index (χ0v) is 21.2. The molecule has 1 fully saturated rings. The number of carbonyl (C=O) groups excluding carboxylic acids is 1. The highest BCUT2D eigenvalue weighted by Crippen LogP contribution is 2.36. The summed E-state index contributed by atoms with van der Waals surface area (Å²) >= 11 is 0. The number of anilines is 3. The average Bonchev–Trinajstić information content (AvgIpc) is 3.10. The number of aromatic nitrogens is 2. The molecule has 5 rings (SSSR count). The van der Waals surface area contributed by atoms with Crippen LogP contribution in [0.25, 0.3) is 0 Å². The van der Waals surface area contributed by atoms with Gasteiger partial charge in [0.1, 0.15) is 11.6 Å². The quantitative estimate of drug-likeness (QED) is 0.459. The van der Waals surface area contributed by atoms with Crippen molar-refractivity contribution in [2.24, 2.45) is 13.0 Å². The SMILES string of the molecule is Cc1cc(C(=O)N2Cc3cnn(C)c3Nc3ccccc32)ccc1OCCCC1CCNCC1.Cl. The third-order valence-corrected chi connectivity index (χ3v) is 6.93. The Morgan fingerprint density at radius 2 is 1.97 bits per heavy atom. The third kappa shape index (κ3) is 5.46. The minimum atomic E-state index is -0.0356. The maximum atomic E-state index is 13.7. The number of amides is 1.